The lowest BCUT2D eigenvalue weighted by molar-refractivity contribution is -0.143. The second-order valence-electron chi connectivity index (χ2n) is 9.55. The number of methoxy groups -OCH3 is 2. The monoisotopic (exact) mass is 517 g/mol. The molecule has 3 aromatic rings. The maximum absolute atomic E-state index is 13.1. The summed E-state index contributed by atoms with van der Waals surface area (Å²) in [5, 5.41) is 8.84. The Morgan fingerprint density at radius 1 is 0.895 bits per heavy atom. The third-order valence-electron chi connectivity index (χ3n) is 6.63. The van der Waals surface area contributed by atoms with Crippen molar-refractivity contribution in [2.45, 2.75) is 20.4 Å². The largest absolute Gasteiger partial charge is 0.493 e. The van der Waals surface area contributed by atoms with Crippen LogP contribution in [0.1, 0.15) is 19.4 Å². The fraction of sp³-hybridized carbons (Fsp3) is 0.379. The van der Waals surface area contributed by atoms with Gasteiger partial charge in [0.15, 0.2) is 17.3 Å². The van der Waals surface area contributed by atoms with Gasteiger partial charge in [0.1, 0.15) is 6.54 Å². The lowest BCUT2D eigenvalue weighted by atomic mass is 10.1. The Morgan fingerprint density at radius 3 is 2.21 bits per heavy atom. The summed E-state index contributed by atoms with van der Waals surface area (Å²) in [5.74, 6) is 1.82. The van der Waals surface area contributed by atoms with Gasteiger partial charge in [0.05, 0.1) is 19.9 Å². The van der Waals surface area contributed by atoms with E-state index in [9.17, 15) is 9.59 Å². The molecule has 2 amide bonds. The van der Waals surface area contributed by atoms with Crippen molar-refractivity contribution in [1.82, 2.24) is 20.0 Å². The Balaban J connectivity index is 1.35. The first-order chi connectivity index (χ1) is 18.4. The van der Waals surface area contributed by atoms with Crippen LogP contribution in [0.15, 0.2) is 60.7 Å². The Labute approximate surface area is 224 Å². The average Bonchev–Trinajstić information content (AvgIpc) is 2.96. The molecule has 1 aliphatic heterocycles. The van der Waals surface area contributed by atoms with Crippen LogP contribution in [0.5, 0.6) is 11.5 Å². The molecule has 1 aromatic heterocycles. The number of nitrogens with zero attached hydrogens (tertiary/aromatic N) is 5. The quantitative estimate of drug-likeness (QED) is 0.429. The van der Waals surface area contributed by atoms with Crippen LogP contribution in [0.3, 0.4) is 0 Å². The first kappa shape index (κ1) is 26.9. The zero-order valence-corrected chi connectivity index (χ0v) is 22.5. The number of piperazine rings is 1. The first-order valence-electron chi connectivity index (χ1n) is 12.8. The van der Waals surface area contributed by atoms with Crippen molar-refractivity contribution in [3.8, 4) is 22.8 Å². The number of carbonyl (C=O) groups is 2. The van der Waals surface area contributed by atoms with Crippen LogP contribution in [0.25, 0.3) is 11.3 Å². The second-order valence-corrected chi connectivity index (χ2v) is 9.55. The van der Waals surface area contributed by atoms with E-state index in [1.54, 1.807) is 19.1 Å². The van der Waals surface area contributed by atoms with Gasteiger partial charge in [-0.3, -0.25) is 9.59 Å². The molecule has 0 radical (unpaired) electrons. The van der Waals surface area contributed by atoms with E-state index in [4.69, 9.17) is 9.47 Å². The van der Waals surface area contributed by atoms with Gasteiger partial charge >= 0.3 is 0 Å². The summed E-state index contributed by atoms with van der Waals surface area (Å²) in [5.41, 5.74) is 2.62. The maximum Gasteiger partial charge on any atom is 0.242 e. The van der Waals surface area contributed by atoms with Gasteiger partial charge in [-0.05, 0) is 35.9 Å². The van der Waals surface area contributed by atoms with Crippen molar-refractivity contribution in [1.29, 1.82) is 0 Å². The lowest BCUT2D eigenvalue weighted by Gasteiger charge is -2.36. The number of rotatable bonds is 9. The summed E-state index contributed by atoms with van der Waals surface area (Å²) in [4.78, 5) is 31.6. The van der Waals surface area contributed by atoms with E-state index in [1.165, 1.54) is 0 Å². The van der Waals surface area contributed by atoms with Crippen molar-refractivity contribution < 1.29 is 19.1 Å². The number of carbonyl (C=O) groups excluding carboxylic acids is 2. The number of amides is 2. The van der Waals surface area contributed by atoms with Crippen molar-refractivity contribution in [2.24, 2.45) is 5.92 Å². The minimum absolute atomic E-state index is 0.0225. The minimum atomic E-state index is -0.177. The highest BCUT2D eigenvalue weighted by Gasteiger charge is 2.26. The molecule has 0 aliphatic carbocycles. The topological polar surface area (TPSA) is 88.1 Å². The number of aromatic nitrogens is 2. The van der Waals surface area contributed by atoms with E-state index < -0.39 is 0 Å². The maximum atomic E-state index is 13.1. The van der Waals surface area contributed by atoms with Crippen LogP contribution in [0.4, 0.5) is 5.82 Å². The van der Waals surface area contributed by atoms with Gasteiger partial charge in [0.2, 0.25) is 11.8 Å². The zero-order valence-electron chi connectivity index (χ0n) is 22.5. The second kappa shape index (κ2) is 12.4. The molecule has 9 nitrogen and oxygen atoms in total. The van der Waals surface area contributed by atoms with Gasteiger partial charge in [-0.15, -0.1) is 10.2 Å². The Kier molecular flexibility index (Phi) is 8.78. The van der Waals surface area contributed by atoms with Gasteiger partial charge in [0, 0.05) is 44.2 Å². The van der Waals surface area contributed by atoms with Crippen LogP contribution in [0.2, 0.25) is 0 Å². The zero-order chi connectivity index (χ0) is 27.1. The standard InChI is InChI=1S/C29H35N5O4/c1-21(2)29(36)34(19-22-8-6-5-7-9-22)20-28(35)33-16-14-32(15-17-33)27-13-11-24(30-31-27)23-10-12-25(37-3)26(18-23)38-4/h5-13,18,21H,14-17,19-20H2,1-4H3. The molecule has 0 bridgehead atoms. The van der Waals surface area contributed by atoms with E-state index in [0.29, 0.717) is 44.2 Å². The predicted molar refractivity (Wildman–Crippen MR) is 146 cm³/mol. The molecular weight excluding hydrogens is 482 g/mol. The van der Waals surface area contributed by atoms with Crippen LogP contribution in [-0.2, 0) is 16.1 Å². The molecule has 0 unspecified atom stereocenters. The summed E-state index contributed by atoms with van der Waals surface area (Å²) in [6.07, 6.45) is 0. The molecule has 9 heteroatoms. The van der Waals surface area contributed by atoms with E-state index >= 15 is 0 Å². The summed E-state index contributed by atoms with van der Waals surface area (Å²) in [6.45, 7) is 6.64. The highest BCUT2D eigenvalue weighted by molar-refractivity contribution is 5.85. The van der Waals surface area contributed by atoms with Crippen LogP contribution < -0.4 is 14.4 Å². The normalized spacial score (nSPS) is 13.4. The molecule has 2 heterocycles. The minimum Gasteiger partial charge on any atom is -0.493 e. The fourth-order valence-electron chi connectivity index (χ4n) is 4.47. The molecule has 4 rings (SSSR count). The molecule has 1 aliphatic rings. The highest BCUT2D eigenvalue weighted by Crippen LogP contribution is 2.31. The van der Waals surface area contributed by atoms with Crippen molar-refractivity contribution in [2.75, 3.05) is 51.8 Å². The van der Waals surface area contributed by atoms with Gasteiger partial charge in [-0.2, -0.15) is 0 Å². The molecule has 0 atom stereocenters. The summed E-state index contributed by atoms with van der Waals surface area (Å²) >= 11 is 0. The van der Waals surface area contributed by atoms with Gasteiger partial charge in [-0.1, -0.05) is 44.2 Å². The molecule has 0 saturated carbocycles. The van der Waals surface area contributed by atoms with Gasteiger partial charge in [0.25, 0.3) is 0 Å². The molecule has 1 saturated heterocycles. The highest BCUT2D eigenvalue weighted by atomic mass is 16.5. The van der Waals surface area contributed by atoms with Crippen molar-refractivity contribution in [3.05, 3.63) is 66.2 Å². The fourth-order valence-corrected chi connectivity index (χ4v) is 4.47. The number of hydrogen-bond acceptors (Lipinski definition) is 7. The average molecular weight is 518 g/mol. The third-order valence-corrected chi connectivity index (χ3v) is 6.63. The summed E-state index contributed by atoms with van der Waals surface area (Å²) in [7, 11) is 3.20. The van der Waals surface area contributed by atoms with E-state index in [-0.39, 0.29) is 24.3 Å². The van der Waals surface area contributed by atoms with E-state index in [1.807, 2.05) is 79.4 Å². The smallest absolute Gasteiger partial charge is 0.242 e. The van der Waals surface area contributed by atoms with Crippen LogP contribution in [0, 0.1) is 5.92 Å². The number of benzene rings is 2. The lowest BCUT2D eigenvalue weighted by Crippen LogP contribution is -2.52. The summed E-state index contributed by atoms with van der Waals surface area (Å²) in [6, 6.07) is 19.3. The molecule has 1 fully saturated rings. The van der Waals surface area contributed by atoms with Gasteiger partial charge < -0.3 is 24.2 Å². The number of ether oxygens (including phenoxy) is 2. The van der Waals surface area contributed by atoms with E-state index in [2.05, 4.69) is 15.1 Å². The van der Waals surface area contributed by atoms with Crippen molar-refractivity contribution in [3.63, 3.8) is 0 Å². The molecule has 0 spiro atoms. The Morgan fingerprint density at radius 2 is 1.61 bits per heavy atom. The molecular formula is C29H35N5O4. The molecule has 0 N–H and O–H groups in total. The Hall–Kier alpha value is -4.14. The molecule has 2 aromatic carbocycles. The molecule has 38 heavy (non-hydrogen) atoms. The third kappa shape index (κ3) is 6.40. The number of anilines is 1. The molecule has 200 valence electrons. The SMILES string of the molecule is COc1ccc(-c2ccc(N3CCN(C(=O)CN(Cc4ccccc4)C(=O)C(C)C)CC3)nn2)cc1OC. The predicted octanol–water partition coefficient (Wildman–Crippen LogP) is 3.49. The summed E-state index contributed by atoms with van der Waals surface area (Å²) < 4.78 is 10.7. The van der Waals surface area contributed by atoms with Crippen molar-refractivity contribution >= 4 is 17.6 Å². The number of hydrogen-bond donors (Lipinski definition) is 0. The van der Waals surface area contributed by atoms with E-state index in [0.717, 1.165) is 22.6 Å². The van der Waals surface area contributed by atoms with Gasteiger partial charge in [-0.25, -0.2) is 0 Å². The Bertz CT molecular complexity index is 1230. The van der Waals surface area contributed by atoms with Crippen LogP contribution >= 0.6 is 0 Å². The first-order valence-corrected chi connectivity index (χ1v) is 12.8. The van der Waals surface area contributed by atoms with Crippen LogP contribution in [-0.4, -0.2) is 78.8 Å².